The SMILES string of the molecule is Cc1[nH]c(CCO)nc1-c1ccc2[nH]c(=O)[nH]c2c1. The average Bonchev–Trinajstić information content (AvgIpc) is 2.90. The van der Waals surface area contributed by atoms with Crippen LogP contribution in [0.25, 0.3) is 22.3 Å². The van der Waals surface area contributed by atoms with Gasteiger partial charge in [0.1, 0.15) is 5.82 Å². The predicted octanol–water partition coefficient (Wildman–Crippen LogP) is 1.09. The van der Waals surface area contributed by atoms with Gasteiger partial charge in [0.15, 0.2) is 0 Å². The zero-order chi connectivity index (χ0) is 13.4. The van der Waals surface area contributed by atoms with Crippen LogP contribution in [0.4, 0.5) is 0 Å². The molecule has 0 unspecified atom stereocenters. The third-order valence-corrected chi connectivity index (χ3v) is 3.07. The molecule has 0 saturated heterocycles. The second-order valence-electron chi connectivity index (χ2n) is 4.47. The number of nitrogens with one attached hydrogen (secondary N) is 3. The quantitative estimate of drug-likeness (QED) is 0.566. The van der Waals surface area contributed by atoms with Gasteiger partial charge in [-0.2, -0.15) is 0 Å². The van der Waals surface area contributed by atoms with Crippen LogP contribution >= 0.6 is 0 Å². The zero-order valence-corrected chi connectivity index (χ0v) is 10.4. The molecule has 0 saturated carbocycles. The van der Waals surface area contributed by atoms with Crippen molar-refractivity contribution in [2.75, 3.05) is 6.61 Å². The van der Waals surface area contributed by atoms with E-state index in [2.05, 4.69) is 19.9 Å². The summed E-state index contributed by atoms with van der Waals surface area (Å²) < 4.78 is 0. The first kappa shape index (κ1) is 11.7. The van der Waals surface area contributed by atoms with E-state index >= 15 is 0 Å². The standard InChI is InChI=1S/C13H14N4O2/c1-7-12(17-11(14-7)4-5-18)8-2-3-9-10(6-8)16-13(19)15-9/h2-3,6,18H,4-5H2,1H3,(H,14,17)(H2,15,16,19). The summed E-state index contributed by atoms with van der Waals surface area (Å²) in [5.41, 5.74) is 4.03. The molecule has 4 N–H and O–H groups in total. The van der Waals surface area contributed by atoms with Crippen LogP contribution in [0.3, 0.4) is 0 Å². The van der Waals surface area contributed by atoms with Gasteiger partial charge in [-0.1, -0.05) is 6.07 Å². The Morgan fingerprint density at radius 1 is 1.21 bits per heavy atom. The average molecular weight is 258 g/mol. The van der Waals surface area contributed by atoms with E-state index < -0.39 is 0 Å². The molecule has 0 amide bonds. The van der Waals surface area contributed by atoms with Gasteiger partial charge in [0.25, 0.3) is 0 Å². The van der Waals surface area contributed by atoms with Crippen LogP contribution in [0, 0.1) is 6.92 Å². The fourth-order valence-electron chi connectivity index (χ4n) is 2.21. The second kappa shape index (κ2) is 4.40. The van der Waals surface area contributed by atoms with E-state index in [0.717, 1.165) is 33.8 Å². The lowest BCUT2D eigenvalue weighted by Crippen LogP contribution is -1.99. The summed E-state index contributed by atoms with van der Waals surface area (Å²) >= 11 is 0. The summed E-state index contributed by atoms with van der Waals surface area (Å²) in [5, 5.41) is 8.93. The number of aromatic nitrogens is 4. The highest BCUT2D eigenvalue weighted by Gasteiger charge is 2.10. The molecule has 98 valence electrons. The van der Waals surface area contributed by atoms with E-state index in [0.29, 0.717) is 6.42 Å². The lowest BCUT2D eigenvalue weighted by atomic mass is 10.1. The largest absolute Gasteiger partial charge is 0.396 e. The molecule has 0 aliphatic carbocycles. The Bertz CT molecular complexity index is 781. The molecule has 0 spiro atoms. The topological polar surface area (TPSA) is 97.6 Å². The number of aliphatic hydroxyl groups excluding tert-OH is 1. The van der Waals surface area contributed by atoms with Crippen LogP contribution in [-0.4, -0.2) is 31.6 Å². The van der Waals surface area contributed by atoms with Gasteiger partial charge >= 0.3 is 5.69 Å². The molecule has 0 aliphatic rings. The number of imidazole rings is 2. The number of aliphatic hydroxyl groups is 1. The number of hydrogen-bond donors (Lipinski definition) is 4. The number of H-pyrrole nitrogens is 3. The normalized spacial score (nSPS) is 11.3. The molecule has 3 rings (SSSR count). The molecule has 2 aromatic heterocycles. The molecule has 19 heavy (non-hydrogen) atoms. The van der Waals surface area contributed by atoms with E-state index in [4.69, 9.17) is 5.11 Å². The molecule has 0 aliphatic heterocycles. The van der Waals surface area contributed by atoms with Gasteiger partial charge in [-0.3, -0.25) is 0 Å². The first-order chi connectivity index (χ1) is 9.17. The molecule has 0 fully saturated rings. The number of aromatic amines is 3. The van der Waals surface area contributed by atoms with Crippen LogP contribution < -0.4 is 5.69 Å². The van der Waals surface area contributed by atoms with Crippen molar-refractivity contribution in [2.24, 2.45) is 0 Å². The first-order valence-corrected chi connectivity index (χ1v) is 6.06. The van der Waals surface area contributed by atoms with Crippen LogP contribution in [0.15, 0.2) is 23.0 Å². The summed E-state index contributed by atoms with van der Waals surface area (Å²) in [5.74, 6) is 0.762. The van der Waals surface area contributed by atoms with Crippen molar-refractivity contribution in [3.63, 3.8) is 0 Å². The van der Waals surface area contributed by atoms with Crippen LogP contribution in [0.5, 0.6) is 0 Å². The fraction of sp³-hybridized carbons (Fsp3) is 0.231. The molecule has 6 heteroatoms. The number of aryl methyl sites for hydroxylation is 1. The number of fused-ring (bicyclic) bond motifs is 1. The Balaban J connectivity index is 2.10. The minimum atomic E-state index is -0.216. The molecular formula is C13H14N4O2. The van der Waals surface area contributed by atoms with Crippen molar-refractivity contribution in [1.82, 2.24) is 19.9 Å². The van der Waals surface area contributed by atoms with E-state index in [1.807, 2.05) is 25.1 Å². The Labute approximate surface area is 108 Å². The van der Waals surface area contributed by atoms with Crippen molar-refractivity contribution in [1.29, 1.82) is 0 Å². The van der Waals surface area contributed by atoms with Gasteiger partial charge in [-0.05, 0) is 19.1 Å². The summed E-state index contributed by atoms with van der Waals surface area (Å²) in [4.78, 5) is 24.3. The summed E-state index contributed by atoms with van der Waals surface area (Å²) in [7, 11) is 0. The highest BCUT2D eigenvalue weighted by molar-refractivity contribution is 5.81. The van der Waals surface area contributed by atoms with Gasteiger partial charge in [-0.25, -0.2) is 9.78 Å². The zero-order valence-electron chi connectivity index (χ0n) is 10.4. The van der Waals surface area contributed by atoms with E-state index in [9.17, 15) is 4.79 Å². The molecule has 0 radical (unpaired) electrons. The molecule has 6 nitrogen and oxygen atoms in total. The first-order valence-electron chi connectivity index (χ1n) is 6.06. The Kier molecular flexibility index (Phi) is 2.72. The fourth-order valence-corrected chi connectivity index (χ4v) is 2.21. The van der Waals surface area contributed by atoms with E-state index in [1.54, 1.807) is 0 Å². The summed E-state index contributed by atoms with van der Waals surface area (Å²) in [6.07, 6.45) is 0.504. The molecular weight excluding hydrogens is 244 g/mol. The molecule has 0 atom stereocenters. The number of nitrogens with zero attached hydrogens (tertiary/aromatic N) is 1. The Hall–Kier alpha value is -2.34. The number of rotatable bonds is 3. The molecule has 0 bridgehead atoms. The summed E-state index contributed by atoms with van der Waals surface area (Å²) in [6.45, 7) is 2.00. The van der Waals surface area contributed by atoms with Crippen LogP contribution in [0.2, 0.25) is 0 Å². The van der Waals surface area contributed by atoms with Crippen molar-refractivity contribution in [3.05, 3.63) is 40.2 Å². The lowest BCUT2D eigenvalue weighted by molar-refractivity contribution is 0.297. The van der Waals surface area contributed by atoms with Gasteiger partial charge in [-0.15, -0.1) is 0 Å². The monoisotopic (exact) mass is 258 g/mol. The lowest BCUT2D eigenvalue weighted by Gasteiger charge is -1.98. The van der Waals surface area contributed by atoms with Crippen LogP contribution in [-0.2, 0) is 6.42 Å². The van der Waals surface area contributed by atoms with E-state index in [1.165, 1.54) is 0 Å². The number of hydrogen-bond acceptors (Lipinski definition) is 3. The van der Waals surface area contributed by atoms with Crippen molar-refractivity contribution < 1.29 is 5.11 Å². The molecule has 3 aromatic rings. The minimum absolute atomic E-state index is 0.0660. The maximum Gasteiger partial charge on any atom is 0.323 e. The van der Waals surface area contributed by atoms with E-state index in [-0.39, 0.29) is 12.3 Å². The Morgan fingerprint density at radius 3 is 2.79 bits per heavy atom. The van der Waals surface area contributed by atoms with Gasteiger partial charge in [0.2, 0.25) is 0 Å². The van der Waals surface area contributed by atoms with Crippen molar-refractivity contribution in [2.45, 2.75) is 13.3 Å². The maximum atomic E-state index is 11.2. The summed E-state index contributed by atoms with van der Waals surface area (Å²) in [6, 6.07) is 5.65. The number of benzene rings is 1. The predicted molar refractivity (Wildman–Crippen MR) is 72.0 cm³/mol. The van der Waals surface area contributed by atoms with Gasteiger partial charge in [0, 0.05) is 17.7 Å². The van der Waals surface area contributed by atoms with Crippen LogP contribution in [0.1, 0.15) is 11.5 Å². The van der Waals surface area contributed by atoms with Crippen molar-refractivity contribution >= 4 is 11.0 Å². The van der Waals surface area contributed by atoms with Crippen molar-refractivity contribution in [3.8, 4) is 11.3 Å². The third-order valence-electron chi connectivity index (χ3n) is 3.07. The minimum Gasteiger partial charge on any atom is -0.396 e. The Morgan fingerprint density at radius 2 is 2.00 bits per heavy atom. The van der Waals surface area contributed by atoms with Gasteiger partial charge in [0.05, 0.1) is 23.3 Å². The molecule has 1 aromatic carbocycles. The van der Waals surface area contributed by atoms with Gasteiger partial charge < -0.3 is 20.1 Å². The second-order valence-corrected chi connectivity index (χ2v) is 4.47. The highest BCUT2D eigenvalue weighted by atomic mass is 16.3. The third kappa shape index (κ3) is 2.06. The smallest absolute Gasteiger partial charge is 0.323 e. The maximum absolute atomic E-state index is 11.2. The highest BCUT2D eigenvalue weighted by Crippen LogP contribution is 2.23. The molecule has 2 heterocycles.